The minimum atomic E-state index is -4.55. The molecule has 1 aliphatic rings. The summed E-state index contributed by atoms with van der Waals surface area (Å²) in [6.45, 7) is 0.282. The average Bonchev–Trinajstić information content (AvgIpc) is 3.13. The number of halogens is 3. The van der Waals surface area contributed by atoms with E-state index in [0.29, 0.717) is 12.0 Å². The molecule has 0 N–H and O–H groups in total. The summed E-state index contributed by atoms with van der Waals surface area (Å²) in [5.41, 5.74) is 2.38. The Hall–Kier alpha value is -2.15. The summed E-state index contributed by atoms with van der Waals surface area (Å²) in [6, 6.07) is 10.8. The molecule has 0 spiro atoms. The van der Waals surface area contributed by atoms with Crippen LogP contribution in [0, 0.1) is 11.3 Å². The zero-order chi connectivity index (χ0) is 18.9. The van der Waals surface area contributed by atoms with E-state index in [1.54, 1.807) is 30.3 Å². The SMILES string of the molecule is N#Cc1ccc(C2=CCN(S(=O)(=O)c3ccc(C(F)(F)F)s3)CC2)cc1. The lowest BCUT2D eigenvalue weighted by atomic mass is 9.99. The number of thiophene rings is 1. The van der Waals surface area contributed by atoms with Crippen molar-refractivity contribution in [3.05, 3.63) is 58.5 Å². The monoisotopic (exact) mass is 398 g/mol. The van der Waals surface area contributed by atoms with E-state index in [0.717, 1.165) is 23.3 Å². The standard InChI is InChI=1S/C17H13F3N2O2S2/c18-17(19,20)15-5-6-16(25-15)26(23,24)22-9-7-14(8-10-22)13-3-1-12(11-21)2-4-13/h1-7H,8-10H2. The van der Waals surface area contributed by atoms with Crippen LogP contribution >= 0.6 is 11.3 Å². The van der Waals surface area contributed by atoms with Gasteiger partial charge in [-0.3, -0.25) is 0 Å². The van der Waals surface area contributed by atoms with Crippen LogP contribution in [0.15, 0.2) is 46.7 Å². The van der Waals surface area contributed by atoms with Gasteiger partial charge in [0.1, 0.15) is 9.09 Å². The topological polar surface area (TPSA) is 61.2 Å². The van der Waals surface area contributed by atoms with E-state index in [4.69, 9.17) is 5.26 Å². The van der Waals surface area contributed by atoms with Gasteiger partial charge in [0, 0.05) is 13.1 Å². The Balaban J connectivity index is 1.78. The van der Waals surface area contributed by atoms with Crippen LogP contribution in [0.3, 0.4) is 0 Å². The Morgan fingerprint density at radius 1 is 1.12 bits per heavy atom. The largest absolute Gasteiger partial charge is 0.425 e. The molecule has 0 aliphatic carbocycles. The van der Waals surface area contributed by atoms with Gasteiger partial charge in [0.15, 0.2) is 0 Å². The quantitative estimate of drug-likeness (QED) is 0.782. The third-order valence-electron chi connectivity index (χ3n) is 4.01. The lowest BCUT2D eigenvalue weighted by Gasteiger charge is -2.25. The van der Waals surface area contributed by atoms with Crippen molar-refractivity contribution in [2.45, 2.75) is 16.8 Å². The molecule has 9 heteroatoms. The molecular weight excluding hydrogens is 385 g/mol. The van der Waals surface area contributed by atoms with Gasteiger partial charge >= 0.3 is 6.18 Å². The van der Waals surface area contributed by atoms with Crippen LogP contribution in [-0.2, 0) is 16.2 Å². The Labute approximate surface area is 152 Å². The number of hydrogen-bond acceptors (Lipinski definition) is 4. The first-order valence-electron chi connectivity index (χ1n) is 7.58. The van der Waals surface area contributed by atoms with Crippen LogP contribution in [0.5, 0.6) is 0 Å². The van der Waals surface area contributed by atoms with Crippen LogP contribution in [0.4, 0.5) is 13.2 Å². The second-order valence-corrected chi connectivity index (χ2v) is 8.90. The summed E-state index contributed by atoms with van der Waals surface area (Å²) in [6.07, 6.45) is -2.35. The molecule has 0 saturated carbocycles. The van der Waals surface area contributed by atoms with Gasteiger partial charge in [-0.25, -0.2) is 8.42 Å². The van der Waals surface area contributed by atoms with Gasteiger partial charge in [-0.1, -0.05) is 18.2 Å². The van der Waals surface area contributed by atoms with Gasteiger partial charge in [0.05, 0.1) is 11.6 Å². The predicted molar refractivity (Wildman–Crippen MR) is 91.8 cm³/mol. The molecule has 0 atom stereocenters. The lowest BCUT2D eigenvalue weighted by molar-refractivity contribution is -0.134. The first kappa shape index (κ1) is 18.6. The minimum absolute atomic E-state index is 0.0942. The molecule has 2 aromatic rings. The molecule has 2 heterocycles. The number of benzene rings is 1. The molecule has 0 saturated heterocycles. The molecule has 0 amide bonds. The minimum Gasteiger partial charge on any atom is -0.206 e. The van der Waals surface area contributed by atoms with Crippen molar-refractivity contribution in [2.24, 2.45) is 0 Å². The van der Waals surface area contributed by atoms with Gasteiger partial charge in [0.25, 0.3) is 10.0 Å². The second-order valence-electron chi connectivity index (χ2n) is 5.65. The van der Waals surface area contributed by atoms with E-state index in [9.17, 15) is 21.6 Å². The molecule has 1 aliphatic heterocycles. The zero-order valence-electron chi connectivity index (χ0n) is 13.3. The molecule has 1 aromatic carbocycles. The molecule has 26 heavy (non-hydrogen) atoms. The zero-order valence-corrected chi connectivity index (χ0v) is 15.0. The van der Waals surface area contributed by atoms with Crippen LogP contribution in [0.2, 0.25) is 0 Å². The molecule has 0 bridgehead atoms. The van der Waals surface area contributed by atoms with Crippen molar-refractivity contribution >= 4 is 26.9 Å². The number of nitrogens with zero attached hydrogens (tertiary/aromatic N) is 2. The molecular formula is C17H13F3N2O2S2. The normalized spacial score (nSPS) is 16.2. The Morgan fingerprint density at radius 3 is 2.31 bits per heavy atom. The molecule has 3 rings (SSSR count). The highest BCUT2D eigenvalue weighted by Gasteiger charge is 2.35. The summed E-state index contributed by atoms with van der Waals surface area (Å²) in [5, 5.41) is 8.82. The molecule has 0 fully saturated rings. The van der Waals surface area contributed by atoms with Gasteiger partial charge in [0.2, 0.25) is 0 Å². The summed E-state index contributed by atoms with van der Waals surface area (Å²) in [7, 11) is -3.95. The third kappa shape index (κ3) is 3.67. The van der Waals surface area contributed by atoms with E-state index in [1.807, 2.05) is 6.07 Å². The van der Waals surface area contributed by atoms with Crippen LogP contribution in [0.1, 0.15) is 22.4 Å². The fourth-order valence-corrected chi connectivity index (χ4v) is 5.34. The van der Waals surface area contributed by atoms with E-state index >= 15 is 0 Å². The molecule has 1 aromatic heterocycles. The Kier molecular flexibility index (Phi) is 4.92. The van der Waals surface area contributed by atoms with Gasteiger partial charge in [-0.2, -0.15) is 22.7 Å². The number of nitriles is 1. The molecule has 0 radical (unpaired) electrons. The third-order valence-corrected chi connectivity index (χ3v) is 7.47. The number of alkyl halides is 3. The lowest BCUT2D eigenvalue weighted by Crippen LogP contribution is -2.34. The van der Waals surface area contributed by atoms with Crippen molar-refractivity contribution in [1.82, 2.24) is 4.31 Å². The van der Waals surface area contributed by atoms with Crippen molar-refractivity contribution in [1.29, 1.82) is 5.26 Å². The van der Waals surface area contributed by atoms with Crippen LogP contribution in [0.25, 0.3) is 5.57 Å². The highest BCUT2D eigenvalue weighted by Crippen LogP contribution is 2.37. The first-order valence-corrected chi connectivity index (χ1v) is 9.84. The number of sulfonamides is 1. The van der Waals surface area contributed by atoms with Gasteiger partial charge < -0.3 is 0 Å². The molecule has 0 unspecified atom stereocenters. The summed E-state index contributed by atoms with van der Waals surface area (Å²) in [4.78, 5) is -0.929. The van der Waals surface area contributed by atoms with Crippen molar-refractivity contribution in [2.75, 3.05) is 13.1 Å². The summed E-state index contributed by atoms with van der Waals surface area (Å²) >= 11 is 0.236. The fraction of sp³-hybridized carbons (Fsp3) is 0.235. The fourth-order valence-electron chi connectivity index (χ4n) is 2.63. The van der Waals surface area contributed by atoms with E-state index in [-0.39, 0.29) is 28.6 Å². The maximum atomic E-state index is 12.7. The Bertz CT molecular complexity index is 984. The number of hydrogen-bond donors (Lipinski definition) is 0. The highest BCUT2D eigenvalue weighted by molar-refractivity contribution is 7.91. The van der Waals surface area contributed by atoms with E-state index in [1.165, 1.54) is 4.31 Å². The first-order chi connectivity index (χ1) is 12.2. The van der Waals surface area contributed by atoms with E-state index in [2.05, 4.69) is 0 Å². The smallest absolute Gasteiger partial charge is 0.206 e. The predicted octanol–water partition coefficient (Wildman–Crippen LogP) is 4.12. The highest BCUT2D eigenvalue weighted by atomic mass is 32.2. The second kappa shape index (κ2) is 6.87. The number of rotatable bonds is 3. The van der Waals surface area contributed by atoms with Crippen molar-refractivity contribution in [3.63, 3.8) is 0 Å². The summed E-state index contributed by atoms with van der Waals surface area (Å²) < 4.78 is 64.1. The van der Waals surface area contributed by atoms with Gasteiger partial charge in [-0.05, 0) is 41.8 Å². The average molecular weight is 398 g/mol. The Morgan fingerprint density at radius 2 is 1.81 bits per heavy atom. The molecule has 136 valence electrons. The molecule has 4 nitrogen and oxygen atoms in total. The van der Waals surface area contributed by atoms with Gasteiger partial charge in [-0.15, -0.1) is 11.3 Å². The van der Waals surface area contributed by atoms with Crippen LogP contribution < -0.4 is 0 Å². The van der Waals surface area contributed by atoms with Crippen LogP contribution in [-0.4, -0.2) is 25.8 Å². The van der Waals surface area contributed by atoms with Crippen molar-refractivity contribution < 1.29 is 21.6 Å². The maximum absolute atomic E-state index is 12.7. The summed E-state index contributed by atoms with van der Waals surface area (Å²) in [5.74, 6) is 0. The van der Waals surface area contributed by atoms with Crippen molar-refractivity contribution in [3.8, 4) is 6.07 Å². The van der Waals surface area contributed by atoms with E-state index < -0.39 is 21.1 Å². The maximum Gasteiger partial charge on any atom is 0.425 e.